The quantitative estimate of drug-likeness (QED) is 0.0235. The minimum absolute atomic E-state index is 0. The van der Waals surface area contributed by atoms with Crippen LogP contribution in [0, 0.1) is 33.6 Å². The van der Waals surface area contributed by atoms with Crippen LogP contribution in [0.1, 0.15) is 130 Å². The van der Waals surface area contributed by atoms with Crippen LogP contribution in [-0.2, 0) is 0 Å². The zero-order valence-corrected chi connectivity index (χ0v) is 88.8. The molecular formula is C116H126N24O3S6. The van der Waals surface area contributed by atoms with Crippen LogP contribution in [0.15, 0.2) is 267 Å². The van der Waals surface area contributed by atoms with Gasteiger partial charge in [0.1, 0.15) is 69.1 Å². The molecule has 7 N–H and O–H groups in total. The molecule has 764 valence electrons. The van der Waals surface area contributed by atoms with Gasteiger partial charge in [-0.05, 0) is 276 Å². The maximum atomic E-state index is 9.70. The van der Waals surface area contributed by atoms with Crippen molar-refractivity contribution >= 4 is 197 Å². The van der Waals surface area contributed by atoms with Gasteiger partial charge in [-0.2, -0.15) is 0 Å². The number of aryl methyl sites for hydroxylation is 4. The Bertz CT molecular complexity index is 8480. The first kappa shape index (κ1) is 104. The molecule has 0 aliphatic heterocycles. The van der Waals surface area contributed by atoms with Crippen LogP contribution in [0.5, 0.6) is 0 Å². The second-order valence-electron chi connectivity index (χ2n) is 37.2. The molecule has 1 fully saturated rings. The second-order valence-corrected chi connectivity index (χ2v) is 43.7. The van der Waals surface area contributed by atoms with Crippen molar-refractivity contribution in [1.29, 1.82) is 0 Å². The number of unbranched alkanes of at least 4 members (excludes halogenated alkanes) is 2. The average Bonchev–Trinajstić information content (AvgIpc) is 1.63. The topological polar surface area (TPSA) is 296 Å². The van der Waals surface area contributed by atoms with E-state index in [4.69, 9.17) is 45.7 Å². The van der Waals surface area contributed by atoms with E-state index in [2.05, 4.69) is 300 Å². The molecule has 0 spiro atoms. The fourth-order valence-corrected chi connectivity index (χ4v) is 25.0. The Morgan fingerprint density at radius 3 is 0.980 bits per heavy atom. The van der Waals surface area contributed by atoms with Crippen LogP contribution >= 0.6 is 68.0 Å². The Morgan fingerprint density at radius 1 is 0.342 bits per heavy atom. The Morgan fingerprint density at radius 2 is 0.631 bits per heavy atom. The van der Waals surface area contributed by atoms with E-state index < -0.39 is 0 Å². The SMILES string of the molecule is C.C.CCCN(C)c1ccc2nc(C)c(-c3cc4ccccc4s3)n2n1.CCCN(C)c1ccc2ncc(-c3cc4ccccc4s3)n2n1.Cc1nc2ccc(NC3CCC(O)CC3)nn2c1-c1cc2ccccc2s1.Cc1nc2ccc(NCC(C)C)nn2c1-c1cc2ccccc2s1.Cc1nc2ccc(NCCCCO)nn2c1-c1cc2ccccc2s1.OCCCCNc1ccc2ncc(-c3cc4ccccc4s3)n2n1. The smallest absolute Gasteiger partial charge is 0.154 e. The van der Waals surface area contributed by atoms with Crippen molar-refractivity contribution < 1.29 is 15.3 Å². The summed E-state index contributed by atoms with van der Waals surface area (Å²) < 4.78 is 19.3. The number of fused-ring (bicyclic) bond motifs is 12. The molecule has 0 bridgehead atoms. The minimum Gasteiger partial charge on any atom is -0.396 e. The van der Waals surface area contributed by atoms with Crippen LogP contribution < -0.4 is 31.1 Å². The van der Waals surface area contributed by atoms with Gasteiger partial charge < -0.3 is 46.4 Å². The van der Waals surface area contributed by atoms with E-state index in [0.717, 1.165) is 228 Å². The Kier molecular flexibility index (Phi) is 33.5. The predicted octanol–water partition coefficient (Wildman–Crippen LogP) is 28.0. The first-order valence-electron chi connectivity index (χ1n) is 50.2. The Labute approximate surface area is 890 Å². The summed E-state index contributed by atoms with van der Waals surface area (Å²) in [5, 5.41) is 77.2. The molecule has 24 aromatic rings. The van der Waals surface area contributed by atoms with E-state index in [9.17, 15) is 5.11 Å². The number of nitrogens with one attached hydrogen (secondary N) is 4. The molecule has 1 saturated carbocycles. The number of imidazole rings is 6. The molecule has 18 heterocycles. The molecule has 0 radical (unpaired) electrons. The number of anilines is 6. The first-order valence-corrected chi connectivity index (χ1v) is 55.1. The summed E-state index contributed by atoms with van der Waals surface area (Å²) in [7, 11) is 4.16. The molecule has 1 aliphatic rings. The Balaban J connectivity index is 0.000000117. The molecule has 25 rings (SSSR count). The lowest BCUT2D eigenvalue weighted by molar-refractivity contribution is 0.126. The van der Waals surface area contributed by atoms with E-state index in [0.29, 0.717) is 12.0 Å². The maximum Gasteiger partial charge on any atom is 0.154 e. The number of thiophene rings is 6. The summed E-state index contributed by atoms with van der Waals surface area (Å²) in [6.45, 7) is 21.9. The molecule has 149 heavy (non-hydrogen) atoms. The molecule has 1 aliphatic carbocycles. The second kappa shape index (κ2) is 47.8. The van der Waals surface area contributed by atoms with Gasteiger partial charge in [0, 0.05) is 94.3 Å². The van der Waals surface area contributed by atoms with Crippen molar-refractivity contribution in [2.45, 2.75) is 147 Å². The third-order valence-corrected chi connectivity index (χ3v) is 32.5. The molecule has 33 heteroatoms. The standard InChI is InChI=1S/C21H22N4OS.C19H20N4OS.2C19H20N4S.C18H18N4OS.C18H18N4S.2CH4/c1-13-21(18-12-14-4-2-3-5-17(14)27-18)25-20(22-13)11-10-19(24-25)23-15-6-8-16(26)9-7-15;1-13-19(16-12-14-6-2-3-7-15(14)25-16)23-18(21-13)9-8-17(22-23)20-10-4-5-11-24;1-12(2)11-20-17-8-9-18-21-13(3)19(23(18)22-17)16-10-14-6-4-5-7-15(14)24-16;1-4-11-22(3)18-10-9-17-20-13(2)19(23(17)21-18)16-12-14-7-5-6-8-15(14)24-16;23-10-4-3-9-19-17-7-8-18-20-12-14(22(18)21-17)16-11-13-5-1-2-6-15(13)24-16;1-3-10-21(2)18-9-8-17-19-12-14(22(17)20-18)16-11-13-6-4-5-7-15(13)23-16;;/h2-5,10-12,15-16,26H,6-9H2,1H3,(H,23,24);2-3,6-9,12,24H,4-5,10-11H2,1H3,(H,20,22);4-10,12H,11H2,1-3H3,(H,20,22);5-10,12H,4,11H2,1-3H3;1-2,5-8,11-12,23H,3-4,9-10H2,(H,19,21);4-9,11-12H,3,10H2,1-2H3;2*1H4. The zero-order chi connectivity index (χ0) is 101. The number of benzene rings is 6. The lowest BCUT2D eigenvalue weighted by Crippen LogP contribution is -2.28. The van der Waals surface area contributed by atoms with Gasteiger partial charge in [0.15, 0.2) is 33.9 Å². The number of hydrogen-bond donors (Lipinski definition) is 7. The predicted molar refractivity (Wildman–Crippen MR) is 627 cm³/mol. The maximum absolute atomic E-state index is 9.70. The van der Waals surface area contributed by atoms with Crippen LogP contribution in [-0.4, -0.2) is 175 Å². The van der Waals surface area contributed by atoms with Crippen LogP contribution in [0.4, 0.5) is 34.9 Å². The molecule has 6 aromatic carbocycles. The molecule has 0 amide bonds. The minimum atomic E-state index is -0.144. The largest absolute Gasteiger partial charge is 0.396 e. The molecule has 27 nitrogen and oxygen atoms in total. The van der Waals surface area contributed by atoms with E-state index in [1.807, 2.05) is 120 Å². The molecule has 0 saturated heterocycles. The van der Waals surface area contributed by atoms with Crippen molar-refractivity contribution in [2.24, 2.45) is 5.92 Å². The third-order valence-electron chi connectivity index (χ3n) is 25.7. The van der Waals surface area contributed by atoms with Gasteiger partial charge in [-0.25, -0.2) is 57.0 Å². The van der Waals surface area contributed by atoms with Crippen molar-refractivity contribution in [2.75, 3.05) is 91.1 Å². The highest BCUT2D eigenvalue weighted by Gasteiger charge is 2.25. The fourth-order valence-electron chi connectivity index (χ4n) is 18.3. The summed E-state index contributed by atoms with van der Waals surface area (Å²) in [6.07, 6.45) is 13.0. The highest BCUT2D eigenvalue weighted by molar-refractivity contribution is 7.24. The number of aromatic nitrogens is 18. The lowest BCUT2D eigenvalue weighted by atomic mass is 9.93. The van der Waals surface area contributed by atoms with Crippen LogP contribution in [0.25, 0.3) is 158 Å². The summed E-state index contributed by atoms with van der Waals surface area (Å²) in [5.74, 6) is 5.92. The summed E-state index contributed by atoms with van der Waals surface area (Å²) in [5.41, 5.74) is 15.6. The van der Waals surface area contributed by atoms with Crippen molar-refractivity contribution in [3.8, 4) is 63.4 Å². The van der Waals surface area contributed by atoms with Crippen LogP contribution in [0.2, 0.25) is 0 Å². The monoisotopic (exact) mass is 2090 g/mol. The normalized spacial score (nSPS) is 12.9. The lowest BCUT2D eigenvalue weighted by Gasteiger charge is -2.26. The summed E-state index contributed by atoms with van der Waals surface area (Å²) in [4.78, 5) is 39.2. The molecule has 0 atom stereocenters. The van der Waals surface area contributed by atoms with Gasteiger partial charge in [0.25, 0.3) is 0 Å². The van der Waals surface area contributed by atoms with Crippen molar-refractivity contribution in [1.82, 2.24) is 87.6 Å². The van der Waals surface area contributed by atoms with Gasteiger partial charge in [-0.1, -0.05) is 152 Å². The molecular weight excluding hydrogens is 1970 g/mol. The van der Waals surface area contributed by atoms with Crippen LogP contribution in [0.3, 0.4) is 0 Å². The fraction of sp³-hybridized carbons (Fsp3) is 0.276. The van der Waals surface area contributed by atoms with Gasteiger partial charge in [-0.3, -0.25) is 0 Å². The van der Waals surface area contributed by atoms with Gasteiger partial charge in [0.2, 0.25) is 0 Å². The number of aliphatic hydroxyl groups is 3. The summed E-state index contributed by atoms with van der Waals surface area (Å²) >= 11 is 10.7. The molecule has 18 aromatic heterocycles. The number of rotatable bonds is 27. The Hall–Kier alpha value is -14.5. The third kappa shape index (κ3) is 23.6. The number of aliphatic hydroxyl groups excluding tert-OH is 3. The van der Waals surface area contributed by atoms with E-state index in [1.165, 1.54) is 84.9 Å². The number of nitrogens with zero attached hydrogens (tertiary/aromatic N) is 20. The van der Waals surface area contributed by atoms with Gasteiger partial charge in [0.05, 0.1) is 70.5 Å². The first-order chi connectivity index (χ1) is 71.8. The highest BCUT2D eigenvalue weighted by Crippen LogP contribution is 2.43. The average molecular weight is 2100 g/mol. The number of hydrogen-bond acceptors (Lipinski definition) is 27. The van der Waals surface area contributed by atoms with E-state index >= 15 is 0 Å². The molecule has 0 unspecified atom stereocenters. The van der Waals surface area contributed by atoms with Gasteiger partial charge in [-0.15, -0.1) is 98.6 Å². The van der Waals surface area contributed by atoms with Crippen molar-refractivity contribution in [3.05, 3.63) is 290 Å². The zero-order valence-electron chi connectivity index (χ0n) is 83.9. The van der Waals surface area contributed by atoms with Gasteiger partial charge >= 0.3 is 0 Å². The summed E-state index contributed by atoms with van der Waals surface area (Å²) in [6, 6.07) is 88.4. The van der Waals surface area contributed by atoms with E-state index in [1.54, 1.807) is 68.0 Å². The van der Waals surface area contributed by atoms with E-state index in [-0.39, 0.29) is 34.2 Å². The van der Waals surface area contributed by atoms with Crippen molar-refractivity contribution in [3.63, 3.8) is 0 Å². The highest BCUT2D eigenvalue weighted by atomic mass is 32.1.